The third kappa shape index (κ3) is 2.59. The Hall–Kier alpha value is -3.03. The maximum atomic E-state index is 14.3. The van der Waals surface area contributed by atoms with Gasteiger partial charge in [-0.25, -0.2) is 23.1 Å². The van der Waals surface area contributed by atoms with Gasteiger partial charge < -0.3 is 4.57 Å². The van der Waals surface area contributed by atoms with Crippen LogP contribution in [0.2, 0.25) is 0 Å². The van der Waals surface area contributed by atoms with Crippen LogP contribution in [0.3, 0.4) is 0 Å². The van der Waals surface area contributed by atoms with Crippen molar-refractivity contribution in [2.75, 3.05) is 0 Å². The molecule has 8 heteroatoms. The van der Waals surface area contributed by atoms with Crippen LogP contribution < -0.4 is 11.2 Å². The molecule has 0 aliphatic heterocycles. The number of hydrogen-bond donors (Lipinski definition) is 0. The van der Waals surface area contributed by atoms with E-state index >= 15 is 0 Å². The Morgan fingerprint density at radius 1 is 1.28 bits per heavy atom. The number of allylic oxidation sites excluding steroid dienone is 1. The van der Waals surface area contributed by atoms with E-state index in [1.54, 1.807) is 4.57 Å². The monoisotopic (exact) mass is 346 g/mol. The molecule has 0 aliphatic rings. The molecule has 0 aliphatic carbocycles. The van der Waals surface area contributed by atoms with E-state index in [0.29, 0.717) is 6.07 Å². The molecule has 0 spiro atoms. The molecule has 0 saturated heterocycles. The number of halogens is 2. The van der Waals surface area contributed by atoms with Gasteiger partial charge >= 0.3 is 5.69 Å². The molecule has 0 N–H and O–H groups in total. The predicted octanol–water partition coefficient (Wildman–Crippen LogP) is 2.39. The zero-order chi connectivity index (χ0) is 18.3. The molecule has 3 rings (SSSR count). The number of fused-ring (bicyclic) bond motifs is 1. The molecule has 0 bridgehead atoms. The van der Waals surface area contributed by atoms with Crippen molar-refractivity contribution in [2.24, 2.45) is 0 Å². The first-order chi connectivity index (χ1) is 11.9. The van der Waals surface area contributed by atoms with Gasteiger partial charge in [-0.1, -0.05) is 6.08 Å². The second-order valence-electron chi connectivity index (χ2n) is 5.84. The van der Waals surface area contributed by atoms with Crippen molar-refractivity contribution < 1.29 is 8.78 Å². The Bertz CT molecular complexity index is 1090. The summed E-state index contributed by atoms with van der Waals surface area (Å²) in [7, 11) is 0. The van der Waals surface area contributed by atoms with Gasteiger partial charge in [-0.05, 0) is 26.0 Å². The molecule has 25 heavy (non-hydrogen) atoms. The summed E-state index contributed by atoms with van der Waals surface area (Å²) in [5.41, 5.74) is -1.29. The first-order valence-corrected chi connectivity index (χ1v) is 7.65. The van der Waals surface area contributed by atoms with E-state index in [1.165, 1.54) is 12.4 Å². The van der Waals surface area contributed by atoms with Gasteiger partial charge in [-0.15, -0.1) is 6.58 Å². The normalized spacial score (nSPS) is 11.4. The van der Waals surface area contributed by atoms with Gasteiger partial charge in [0.2, 0.25) is 0 Å². The highest BCUT2D eigenvalue weighted by Crippen LogP contribution is 2.19. The van der Waals surface area contributed by atoms with E-state index in [2.05, 4.69) is 11.6 Å². The second kappa shape index (κ2) is 6.12. The molecule has 2 aromatic heterocycles. The number of imidazole rings is 1. The highest BCUT2D eigenvalue weighted by Gasteiger charge is 2.21. The molecule has 0 atom stereocenters. The number of nitrogens with zero attached hydrogens (tertiary/aromatic N) is 4. The van der Waals surface area contributed by atoms with Crippen molar-refractivity contribution in [1.29, 1.82) is 0 Å². The lowest BCUT2D eigenvalue weighted by Crippen LogP contribution is -2.40. The fraction of sp³-hybridized carbons (Fsp3) is 0.235. The van der Waals surface area contributed by atoms with Gasteiger partial charge in [-0.2, -0.15) is 0 Å². The molecule has 0 saturated carbocycles. The van der Waals surface area contributed by atoms with Crippen LogP contribution in [-0.4, -0.2) is 18.7 Å². The number of rotatable bonds is 4. The molecule has 0 radical (unpaired) electrons. The minimum Gasteiger partial charge on any atom is -0.322 e. The van der Waals surface area contributed by atoms with Crippen molar-refractivity contribution in [2.45, 2.75) is 26.4 Å². The molecule has 3 aromatic rings. The standard InChI is InChI=1S/C17H16F2N4O2/c1-4-7-21-16(24)14-15(20-9-22(14)10(2)3)23(17(21)25)13-6-5-11(18)8-12(13)19/h4-6,8-10H,1,7H2,2-3H3. The summed E-state index contributed by atoms with van der Waals surface area (Å²) in [5.74, 6) is -1.69. The molecule has 0 amide bonds. The summed E-state index contributed by atoms with van der Waals surface area (Å²) in [4.78, 5) is 29.6. The Labute approximate surface area is 141 Å². The first-order valence-electron chi connectivity index (χ1n) is 7.65. The third-order valence-electron chi connectivity index (χ3n) is 3.87. The van der Waals surface area contributed by atoms with Gasteiger partial charge in [0.1, 0.15) is 11.6 Å². The largest absolute Gasteiger partial charge is 0.337 e. The molecule has 0 fully saturated rings. The van der Waals surface area contributed by atoms with E-state index < -0.39 is 22.9 Å². The number of aromatic nitrogens is 4. The van der Waals surface area contributed by atoms with Crippen LogP contribution in [0, 0.1) is 11.6 Å². The van der Waals surface area contributed by atoms with E-state index in [1.807, 2.05) is 13.8 Å². The van der Waals surface area contributed by atoms with Crippen molar-refractivity contribution >= 4 is 11.2 Å². The minimum absolute atomic E-state index is 0.0227. The third-order valence-corrected chi connectivity index (χ3v) is 3.87. The van der Waals surface area contributed by atoms with E-state index in [4.69, 9.17) is 0 Å². The number of hydrogen-bond acceptors (Lipinski definition) is 3. The summed E-state index contributed by atoms with van der Waals surface area (Å²) < 4.78 is 31.1. The molecule has 1 aromatic carbocycles. The van der Waals surface area contributed by atoms with Crippen LogP contribution in [0.1, 0.15) is 19.9 Å². The molecule has 2 heterocycles. The molecular formula is C17H16F2N4O2. The topological polar surface area (TPSA) is 61.8 Å². The Kier molecular flexibility index (Phi) is 4.12. The average molecular weight is 346 g/mol. The zero-order valence-electron chi connectivity index (χ0n) is 13.7. The smallest absolute Gasteiger partial charge is 0.322 e. The van der Waals surface area contributed by atoms with Crippen molar-refractivity contribution in [1.82, 2.24) is 18.7 Å². The first kappa shape index (κ1) is 16.8. The Morgan fingerprint density at radius 3 is 2.60 bits per heavy atom. The van der Waals surface area contributed by atoms with Gasteiger partial charge in [0.05, 0.1) is 12.0 Å². The van der Waals surface area contributed by atoms with Gasteiger partial charge in [0.25, 0.3) is 5.56 Å². The van der Waals surface area contributed by atoms with Gasteiger partial charge in [0, 0.05) is 18.7 Å². The fourth-order valence-electron chi connectivity index (χ4n) is 2.71. The Balaban J connectivity index is 2.52. The van der Waals surface area contributed by atoms with Crippen molar-refractivity contribution in [3.8, 4) is 5.69 Å². The molecule has 6 nitrogen and oxygen atoms in total. The lowest BCUT2D eigenvalue weighted by Gasteiger charge is -2.13. The fourth-order valence-corrected chi connectivity index (χ4v) is 2.71. The minimum atomic E-state index is -0.925. The van der Waals surface area contributed by atoms with Gasteiger partial charge in [0.15, 0.2) is 11.2 Å². The van der Waals surface area contributed by atoms with E-state index in [-0.39, 0.29) is 29.4 Å². The van der Waals surface area contributed by atoms with E-state index in [0.717, 1.165) is 21.3 Å². The predicted molar refractivity (Wildman–Crippen MR) is 90.1 cm³/mol. The van der Waals surface area contributed by atoms with E-state index in [9.17, 15) is 18.4 Å². The zero-order valence-corrected chi connectivity index (χ0v) is 13.7. The average Bonchev–Trinajstić information content (AvgIpc) is 2.98. The Morgan fingerprint density at radius 2 is 2.00 bits per heavy atom. The molecule has 130 valence electrons. The highest BCUT2D eigenvalue weighted by molar-refractivity contribution is 5.72. The summed E-state index contributed by atoms with van der Waals surface area (Å²) in [6.07, 6.45) is 2.82. The van der Waals surface area contributed by atoms with Crippen LogP contribution >= 0.6 is 0 Å². The summed E-state index contributed by atoms with van der Waals surface area (Å²) in [6.45, 7) is 7.21. The van der Waals surface area contributed by atoms with Crippen LogP contribution in [0.15, 0.2) is 46.8 Å². The van der Waals surface area contributed by atoms with Crippen molar-refractivity contribution in [3.63, 3.8) is 0 Å². The van der Waals surface area contributed by atoms with Crippen LogP contribution in [0.4, 0.5) is 8.78 Å². The maximum Gasteiger partial charge on any atom is 0.337 e. The second-order valence-corrected chi connectivity index (χ2v) is 5.84. The molecular weight excluding hydrogens is 330 g/mol. The van der Waals surface area contributed by atoms with Crippen LogP contribution in [0.5, 0.6) is 0 Å². The quantitative estimate of drug-likeness (QED) is 0.682. The van der Waals surface area contributed by atoms with Gasteiger partial charge in [-0.3, -0.25) is 9.36 Å². The lowest BCUT2D eigenvalue weighted by molar-refractivity contribution is 0.573. The van der Waals surface area contributed by atoms with Crippen molar-refractivity contribution in [3.05, 3.63) is 69.7 Å². The molecule has 0 unspecified atom stereocenters. The lowest BCUT2D eigenvalue weighted by atomic mass is 10.3. The summed E-state index contributed by atoms with van der Waals surface area (Å²) in [5, 5.41) is 0. The van der Waals surface area contributed by atoms with Crippen LogP contribution in [-0.2, 0) is 6.54 Å². The summed E-state index contributed by atoms with van der Waals surface area (Å²) in [6, 6.07) is 2.76. The number of benzene rings is 1. The van der Waals surface area contributed by atoms with Crippen LogP contribution in [0.25, 0.3) is 16.9 Å². The highest BCUT2D eigenvalue weighted by atomic mass is 19.1. The maximum absolute atomic E-state index is 14.3. The SMILES string of the molecule is C=CCn1c(=O)c2c(ncn2C(C)C)n(-c2ccc(F)cc2F)c1=O. The summed E-state index contributed by atoms with van der Waals surface area (Å²) >= 11 is 0.